The quantitative estimate of drug-likeness (QED) is 0.154. The zero-order valence-electron chi connectivity index (χ0n) is 64.7. The van der Waals surface area contributed by atoms with E-state index >= 15 is 0 Å². The molecule has 0 amide bonds. The molecule has 1 N–H and O–H groups in total. The van der Waals surface area contributed by atoms with Gasteiger partial charge >= 0.3 is 0 Å². The molecule has 68 heavy (non-hydrogen) atoms. The fourth-order valence-electron chi connectivity index (χ4n) is 8.26. The molecule has 0 aliphatic rings. The summed E-state index contributed by atoms with van der Waals surface area (Å²) in [7, 11) is 0. The van der Waals surface area contributed by atoms with E-state index < -0.39 is 118 Å². The first-order valence-electron chi connectivity index (χ1n) is 35.2. The van der Waals surface area contributed by atoms with Crippen molar-refractivity contribution in [3.05, 3.63) is 192 Å². The Morgan fingerprint density at radius 3 is 1.88 bits per heavy atom. The van der Waals surface area contributed by atoms with Crippen LogP contribution in [0.25, 0.3) is 83.9 Å². The van der Waals surface area contributed by atoms with E-state index in [0.29, 0.717) is 50.6 Å². The number of hydrogen-bond acceptors (Lipinski definition) is 3. The molecule has 0 atom stereocenters. The first kappa shape index (κ1) is 24.3. The fraction of sp³-hybridized carbons (Fsp3) is 0.238. The SMILES string of the molecule is [2H]C(C)(C)c1ccc(-n2c(-c3cc(C(C([2H])([2H])[2H])(C([2H])([2H])[2H])C([2H])([2H])[2H])cc(C(C([2H])([2H])[2H])(C([2H])([2H])[2H])C([2H])([2H])[2H])c3O)nc3c(-c4[c-]c(-c5cc(-c6ccc(C(C([2H])([2H])[2H])(C([2H])([2H])[2H])C([2H])([2H])[2H])cc6)ccn5)cc(-c5ccccc5)c4)cccc32)c(-c2ccccc2)c1.[Pt]. The molecule has 0 unspecified atom stereocenters. The summed E-state index contributed by atoms with van der Waals surface area (Å²) in [5.74, 6) is -3.30. The van der Waals surface area contributed by atoms with Crippen LogP contribution in [0.2, 0.25) is 0 Å². The minimum atomic E-state index is -4.24. The summed E-state index contributed by atoms with van der Waals surface area (Å²) in [5.41, 5.74) is -11.2. The Morgan fingerprint density at radius 1 is 0.559 bits per heavy atom. The summed E-state index contributed by atoms with van der Waals surface area (Å²) in [5, 5.41) is 13.1. The van der Waals surface area contributed by atoms with Crippen molar-refractivity contribution < 1.29 is 64.6 Å². The van der Waals surface area contributed by atoms with Crippen LogP contribution in [0.4, 0.5) is 0 Å². The van der Waals surface area contributed by atoms with Crippen LogP contribution >= 0.6 is 0 Å². The second-order valence-electron chi connectivity index (χ2n) is 16.8. The van der Waals surface area contributed by atoms with Gasteiger partial charge in [0.2, 0.25) is 0 Å². The van der Waals surface area contributed by atoms with Gasteiger partial charge in [0.1, 0.15) is 11.6 Å². The average Bonchev–Trinajstić information content (AvgIpc) is 0.836. The van der Waals surface area contributed by atoms with Crippen LogP contribution < -0.4 is 0 Å². The normalized spacial score (nSPS) is 20.0. The number of phenols is 1. The number of aromatic hydroxyl groups is 1. The second kappa shape index (κ2) is 18.6. The minimum absolute atomic E-state index is 0. The number of rotatable bonds is 8. The number of hydrogen-bond donors (Lipinski definition) is 1. The van der Waals surface area contributed by atoms with Gasteiger partial charge in [0, 0.05) is 82.5 Å². The van der Waals surface area contributed by atoms with Gasteiger partial charge in [-0.15, -0.1) is 23.8 Å². The Kier molecular flexibility index (Phi) is 6.65. The topological polar surface area (TPSA) is 50.9 Å². The van der Waals surface area contributed by atoms with E-state index in [9.17, 15) is 5.11 Å². The number of para-hydroxylation sites is 1. The Hall–Kier alpha value is -6.35. The fourth-order valence-corrected chi connectivity index (χ4v) is 8.26. The van der Waals surface area contributed by atoms with Gasteiger partial charge in [0.05, 0.1) is 22.3 Å². The van der Waals surface area contributed by atoms with Crippen molar-refractivity contribution in [3.8, 4) is 78.6 Å². The van der Waals surface area contributed by atoms with Gasteiger partial charge < -0.3 is 5.11 Å². The number of fused-ring (bicyclic) bond motifs is 1. The first-order valence-corrected chi connectivity index (χ1v) is 21.2. The van der Waals surface area contributed by atoms with Crippen molar-refractivity contribution in [3.63, 3.8) is 0 Å². The maximum Gasteiger partial charge on any atom is 0.148 e. The minimum Gasteiger partial charge on any atom is -0.507 e. The number of nitrogens with zero attached hydrogens (tertiary/aromatic N) is 3. The number of phenolic OH excluding ortho intramolecular Hbond substituents is 1. The van der Waals surface area contributed by atoms with Crippen molar-refractivity contribution >= 4 is 11.0 Å². The van der Waals surface area contributed by atoms with Crippen molar-refractivity contribution in [1.29, 1.82) is 0 Å². The first-order chi connectivity index (χ1) is 43.4. The smallest absolute Gasteiger partial charge is 0.148 e. The van der Waals surface area contributed by atoms with Crippen LogP contribution in [0, 0.1) is 6.07 Å². The van der Waals surface area contributed by atoms with E-state index in [0.717, 1.165) is 12.1 Å². The van der Waals surface area contributed by atoms with Crippen LogP contribution in [0.5, 0.6) is 5.75 Å². The predicted octanol–water partition coefficient (Wildman–Crippen LogP) is 16.9. The van der Waals surface area contributed by atoms with E-state index in [-0.39, 0.29) is 60.7 Å². The Bertz CT molecular complexity index is 4230. The van der Waals surface area contributed by atoms with Gasteiger partial charge in [-0.25, -0.2) is 4.98 Å². The molecular weight excluding hydrogens is 1010 g/mol. The molecule has 4 nitrogen and oxygen atoms in total. The van der Waals surface area contributed by atoms with Crippen LogP contribution in [0.3, 0.4) is 0 Å². The Balaban J connectivity index is 0.0000118. The van der Waals surface area contributed by atoms with Gasteiger partial charge in [-0.2, -0.15) is 0 Å². The summed E-state index contributed by atoms with van der Waals surface area (Å²) in [4.78, 5) is 9.83. The van der Waals surface area contributed by atoms with E-state index in [2.05, 4.69) is 6.07 Å². The van der Waals surface area contributed by atoms with Crippen molar-refractivity contribution in [2.45, 2.75) is 97.7 Å². The molecular formula is C63H62N3OPt-. The molecule has 346 valence electrons. The second-order valence-corrected chi connectivity index (χ2v) is 16.8. The van der Waals surface area contributed by atoms with Gasteiger partial charge in [-0.05, 0) is 91.4 Å². The van der Waals surface area contributed by atoms with Crippen LogP contribution in [-0.2, 0) is 37.3 Å². The van der Waals surface area contributed by atoms with Crippen molar-refractivity contribution in [2.75, 3.05) is 0 Å². The summed E-state index contributed by atoms with van der Waals surface area (Å²) >= 11 is 0. The van der Waals surface area contributed by atoms with Crippen LogP contribution in [0.15, 0.2) is 164 Å². The third-order valence-electron chi connectivity index (χ3n) is 11.7. The zero-order valence-corrected chi connectivity index (χ0v) is 39.0. The summed E-state index contributed by atoms with van der Waals surface area (Å²) < 4.78 is 243. The zero-order chi connectivity index (χ0) is 70.8. The Morgan fingerprint density at radius 2 is 1.21 bits per heavy atom. The van der Waals surface area contributed by atoms with Gasteiger partial charge in [-0.1, -0.05) is 207 Å². The molecule has 9 aromatic rings. The molecule has 0 fully saturated rings. The van der Waals surface area contributed by atoms with Gasteiger partial charge in [0.25, 0.3) is 0 Å². The van der Waals surface area contributed by atoms with Crippen LogP contribution in [-0.4, -0.2) is 19.6 Å². The molecule has 0 saturated carbocycles. The summed E-state index contributed by atoms with van der Waals surface area (Å²) in [6.07, 6.45) is 1.46. The van der Waals surface area contributed by atoms with E-state index in [1.54, 1.807) is 123 Å². The molecule has 0 saturated heterocycles. The molecule has 5 heteroatoms. The van der Waals surface area contributed by atoms with E-state index in [4.69, 9.17) is 48.3 Å². The molecule has 2 aromatic heterocycles. The predicted molar refractivity (Wildman–Crippen MR) is 282 cm³/mol. The average molecular weight is 1100 g/mol. The molecule has 2 heterocycles. The number of pyridine rings is 1. The third kappa shape index (κ3) is 9.54. The molecule has 9 rings (SSSR count). The molecule has 0 aliphatic carbocycles. The number of aromatic nitrogens is 3. The van der Waals surface area contributed by atoms with Gasteiger partial charge in [0.15, 0.2) is 0 Å². The van der Waals surface area contributed by atoms with Crippen molar-refractivity contribution in [2.24, 2.45) is 0 Å². The largest absolute Gasteiger partial charge is 0.507 e. The summed E-state index contributed by atoms with van der Waals surface area (Å²) in [6.45, 7) is -32.4. The maximum atomic E-state index is 13.1. The molecule has 0 radical (unpaired) electrons. The van der Waals surface area contributed by atoms with Crippen LogP contribution in [0.1, 0.15) is 142 Å². The van der Waals surface area contributed by atoms with E-state index in [1.807, 2.05) is 12.1 Å². The molecule has 0 aliphatic heterocycles. The number of benzene rings is 7. The summed E-state index contributed by atoms with van der Waals surface area (Å²) in [6, 6.07) is 43.3. The number of imidazole rings is 1. The van der Waals surface area contributed by atoms with Crippen molar-refractivity contribution in [1.82, 2.24) is 14.5 Å². The monoisotopic (exact) mass is 1100 g/mol. The van der Waals surface area contributed by atoms with Gasteiger partial charge in [-0.3, -0.25) is 9.55 Å². The molecule has 7 aromatic carbocycles. The molecule has 0 spiro atoms. The molecule has 0 bridgehead atoms. The Labute approximate surface area is 457 Å². The van der Waals surface area contributed by atoms with E-state index in [1.165, 1.54) is 22.9 Å². The maximum absolute atomic E-state index is 13.1. The third-order valence-corrected chi connectivity index (χ3v) is 11.7. The standard InChI is InChI=1S/C63H62N3O.Pt/c1-40(2)44-27-30-56(52(36-44)43-21-16-13-17-22-43)66-57-24-18-23-51(58(57)65-60(66)53-38-50(62(6,7)8)39-54(59(53)67)63(9,10)11)47-33-46(41-19-14-12-15-20-41)34-48(35-47)55-37-45(31-32-64-55)42-25-28-49(29-26-42)61(3,4)5;/h12-34,36-40,67H,1-11H3;/q-1;/i3D3,4D3,5D3,6D3,7D3,8D3,9D3,10D3,11D3,40D;.